The van der Waals surface area contributed by atoms with Gasteiger partial charge in [0.15, 0.2) is 34.5 Å². The van der Waals surface area contributed by atoms with Crippen molar-refractivity contribution in [3.63, 3.8) is 0 Å². The van der Waals surface area contributed by atoms with Gasteiger partial charge < -0.3 is 14.2 Å². The fourth-order valence-corrected chi connectivity index (χ4v) is 19.6. The average molecular weight is 1620 g/mol. The van der Waals surface area contributed by atoms with Gasteiger partial charge in [-0.25, -0.2) is 15.0 Å². The summed E-state index contributed by atoms with van der Waals surface area (Å²) in [7, 11) is 0. The standard InChI is InChI=1S/C55H36N2O.2C31H22N2O/c1-2-51-56-48-18-10-20-50-55(48)57(51)54-43(17-9-19-49(54)58-50)37-25-21-36(22-26-37)40-29-30-46-47(33-40)53(42-28-24-35-12-4-6-14-39(35)32-42)45-16-8-7-15-44(45)52(46)41-27-23-34-11-3-5-13-38(34)31-41;1-2-29-32-26-10-6-12-28-31(26)33(29)30-25(9-5-11-27(30)34-28)22-16-13-21(14-17-22)24-18-15-20-7-3-4-8-23(20)19-24;1-2-29-32-26-11-7-13-28-31(26)33(29)30-25(10-6-12-27(30)34-28)24-17-16-22-18-21(14-15-23(22)19-24)20-8-4-3-5-9-20/h3-33H,2H2,1H3;2*3-19H,2H2,1H3. The summed E-state index contributed by atoms with van der Waals surface area (Å²) in [5.74, 6) is 8.28. The van der Waals surface area contributed by atoms with Crippen molar-refractivity contribution in [2.45, 2.75) is 40.0 Å². The zero-order valence-corrected chi connectivity index (χ0v) is 69.6. The Morgan fingerprint density at radius 2 is 0.476 bits per heavy atom. The molecular weight excluding hydrogens is 1540 g/mol. The fourth-order valence-electron chi connectivity index (χ4n) is 19.6. The van der Waals surface area contributed by atoms with E-state index in [0.29, 0.717) is 0 Å². The van der Waals surface area contributed by atoms with E-state index in [-0.39, 0.29) is 0 Å². The van der Waals surface area contributed by atoms with Gasteiger partial charge in [-0.3, -0.25) is 13.7 Å². The minimum Gasteiger partial charge on any atom is -0.453 e. The lowest BCUT2D eigenvalue weighted by Crippen LogP contribution is -2.08. The summed E-state index contributed by atoms with van der Waals surface area (Å²) in [6.07, 6.45) is 2.52. The van der Waals surface area contributed by atoms with E-state index >= 15 is 0 Å². The number of hydrogen-bond acceptors (Lipinski definition) is 6. The van der Waals surface area contributed by atoms with Crippen molar-refractivity contribution in [2.75, 3.05) is 0 Å². The van der Waals surface area contributed by atoms with Crippen LogP contribution in [0, 0.1) is 0 Å². The van der Waals surface area contributed by atoms with Crippen LogP contribution in [-0.2, 0) is 19.3 Å². The Morgan fingerprint density at radius 3 is 0.897 bits per heavy atom. The molecule has 3 aliphatic rings. The zero-order chi connectivity index (χ0) is 83.6. The van der Waals surface area contributed by atoms with Gasteiger partial charge in [0, 0.05) is 36.0 Å². The number of aromatic nitrogens is 6. The molecule has 0 atom stereocenters. The van der Waals surface area contributed by atoms with Crippen molar-refractivity contribution in [3.05, 3.63) is 412 Å². The van der Waals surface area contributed by atoms with Crippen LogP contribution in [0.25, 0.3) is 204 Å². The smallest absolute Gasteiger partial charge is 0.153 e. The maximum atomic E-state index is 6.51. The zero-order valence-electron chi connectivity index (χ0n) is 69.6. The van der Waals surface area contributed by atoms with E-state index in [1.54, 1.807) is 0 Å². The SMILES string of the molecule is CCc1nc2cccc3c2n1-c1c(cccc1-c1ccc(-c2ccc4c(-c5ccc6ccccc6c5)c5ccccc5c(-c5ccc6ccccc6c5)c4c2)cc1)O3.CCc1nc2cccc3c2n1-c1c(cccc1-c1ccc(-c2ccc4ccccc4c2)cc1)O3.CCc1nc2cccc3c2n1-c1c(cccc1-c1ccc2cc(-c4ccccc4)ccc2c1)O3. The van der Waals surface area contributed by atoms with Crippen LogP contribution >= 0.6 is 0 Å². The summed E-state index contributed by atoms with van der Waals surface area (Å²) in [6, 6.07) is 141. The monoisotopic (exact) mass is 1620 g/mol. The number of hydrogen-bond donors (Lipinski definition) is 0. The summed E-state index contributed by atoms with van der Waals surface area (Å²) < 4.78 is 26.1. The summed E-state index contributed by atoms with van der Waals surface area (Å²) in [4.78, 5) is 14.8. The highest BCUT2D eigenvalue weighted by Crippen LogP contribution is 2.52. The minimum absolute atomic E-state index is 0.821. The highest BCUT2D eigenvalue weighted by atomic mass is 16.5. The van der Waals surface area contributed by atoms with Gasteiger partial charge in [-0.2, -0.15) is 0 Å². The predicted octanol–water partition coefficient (Wildman–Crippen LogP) is 31.3. The van der Waals surface area contributed by atoms with Gasteiger partial charge in [-0.1, -0.05) is 324 Å². The third-order valence-corrected chi connectivity index (χ3v) is 25.6. The van der Waals surface area contributed by atoms with E-state index in [2.05, 4.69) is 380 Å². The molecule has 0 radical (unpaired) electrons. The molecule has 0 unspecified atom stereocenters. The molecule has 0 spiro atoms. The van der Waals surface area contributed by atoms with E-state index in [9.17, 15) is 0 Å². The van der Waals surface area contributed by atoms with E-state index in [1.807, 2.05) is 48.5 Å². The van der Waals surface area contributed by atoms with Gasteiger partial charge in [0.2, 0.25) is 0 Å². The molecule has 9 heteroatoms. The molecule has 9 nitrogen and oxygen atoms in total. The van der Waals surface area contributed by atoms with Gasteiger partial charge in [0.1, 0.15) is 34.0 Å². The third-order valence-electron chi connectivity index (χ3n) is 25.6. The highest BCUT2D eigenvalue weighted by Gasteiger charge is 2.31. The van der Waals surface area contributed by atoms with Crippen LogP contribution in [0.5, 0.6) is 34.5 Å². The number of ether oxygens (including phenoxy) is 3. The van der Waals surface area contributed by atoms with Gasteiger partial charge in [0.05, 0.1) is 33.6 Å². The number of rotatable bonds is 11. The number of imidazole rings is 3. The van der Waals surface area contributed by atoms with Crippen LogP contribution in [0.1, 0.15) is 38.2 Å². The predicted molar refractivity (Wildman–Crippen MR) is 520 cm³/mol. The van der Waals surface area contributed by atoms with Crippen LogP contribution in [0.3, 0.4) is 0 Å². The normalized spacial score (nSPS) is 12.1. The molecule has 6 heterocycles. The summed E-state index contributed by atoms with van der Waals surface area (Å²) in [6.45, 7) is 6.47. The second-order valence-electron chi connectivity index (χ2n) is 32.8. The molecular formula is C117H80N6O3. The van der Waals surface area contributed by atoms with E-state index in [0.717, 1.165) is 149 Å². The van der Waals surface area contributed by atoms with Crippen LogP contribution in [0.4, 0.5) is 0 Å². The Labute approximate surface area is 728 Å². The first-order valence-electron chi connectivity index (χ1n) is 43.5. The van der Waals surface area contributed by atoms with Crippen molar-refractivity contribution in [3.8, 4) is 141 Å². The molecule has 0 fully saturated rings. The molecule has 0 saturated carbocycles. The number of benzene rings is 20. The molecule has 23 aromatic rings. The molecule has 20 aromatic carbocycles. The molecule has 596 valence electrons. The van der Waals surface area contributed by atoms with Gasteiger partial charge in [-0.05, 0) is 228 Å². The fraction of sp³-hybridized carbons (Fsp3) is 0.0513. The molecule has 0 saturated heterocycles. The Hall–Kier alpha value is -16.2. The van der Waals surface area contributed by atoms with Crippen LogP contribution in [0.15, 0.2) is 394 Å². The number of nitrogens with zero attached hydrogens (tertiary/aromatic N) is 6. The Kier molecular flexibility index (Phi) is 17.6. The first-order valence-corrected chi connectivity index (χ1v) is 43.5. The first-order chi connectivity index (χ1) is 62.3. The number of aryl methyl sites for hydroxylation is 3. The number of fused-ring (bicyclic) bond motifs is 12. The Morgan fingerprint density at radius 1 is 0.198 bits per heavy atom. The van der Waals surface area contributed by atoms with E-state index in [1.165, 1.54) is 126 Å². The number of para-hydroxylation sites is 6. The maximum absolute atomic E-state index is 6.51. The summed E-state index contributed by atoms with van der Waals surface area (Å²) >= 11 is 0. The van der Waals surface area contributed by atoms with Gasteiger partial charge >= 0.3 is 0 Å². The molecule has 0 amide bonds. The van der Waals surface area contributed by atoms with Crippen LogP contribution in [-0.4, -0.2) is 28.7 Å². The van der Waals surface area contributed by atoms with Crippen molar-refractivity contribution in [2.24, 2.45) is 0 Å². The lowest BCUT2D eigenvalue weighted by atomic mass is 9.84. The Balaban J connectivity index is 0.000000112. The second kappa shape index (κ2) is 30.1. The molecule has 3 aromatic heterocycles. The van der Waals surface area contributed by atoms with Gasteiger partial charge in [-0.15, -0.1) is 0 Å². The highest BCUT2D eigenvalue weighted by molar-refractivity contribution is 6.23. The molecule has 0 N–H and O–H groups in total. The molecule has 3 aliphatic heterocycles. The third kappa shape index (κ3) is 12.3. The molecule has 0 aliphatic carbocycles. The van der Waals surface area contributed by atoms with Crippen molar-refractivity contribution < 1.29 is 14.2 Å². The molecule has 26 rings (SSSR count). The topological polar surface area (TPSA) is 81.1 Å². The molecule has 0 bridgehead atoms. The van der Waals surface area contributed by atoms with Crippen molar-refractivity contribution in [1.29, 1.82) is 0 Å². The van der Waals surface area contributed by atoms with E-state index < -0.39 is 0 Å². The lowest BCUT2D eigenvalue weighted by Gasteiger charge is -2.23. The van der Waals surface area contributed by atoms with Crippen LogP contribution in [0.2, 0.25) is 0 Å². The largest absolute Gasteiger partial charge is 0.453 e. The van der Waals surface area contributed by atoms with Crippen molar-refractivity contribution in [1.82, 2.24) is 28.7 Å². The Bertz CT molecular complexity index is 8380. The summed E-state index contributed by atoms with van der Waals surface area (Å²) in [5, 5.41) is 14.9. The quantitative estimate of drug-likeness (QED) is 0.120. The second-order valence-corrected chi connectivity index (χ2v) is 32.8. The van der Waals surface area contributed by atoms with E-state index in [4.69, 9.17) is 29.2 Å². The minimum atomic E-state index is 0.821. The molecule has 126 heavy (non-hydrogen) atoms. The lowest BCUT2D eigenvalue weighted by molar-refractivity contribution is 0.474. The first kappa shape index (κ1) is 73.7. The van der Waals surface area contributed by atoms with Crippen LogP contribution < -0.4 is 14.2 Å². The average Bonchev–Trinajstić information content (AvgIpc) is 1.57. The maximum Gasteiger partial charge on any atom is 0.153 e. The van der Waals surface area contributed by atoms with Gasteiger partial charge in [0.25, 0.3) is 0 Å². The van der Waals surface area contributed by atoms with Crippen molar-refractivity contribution >= 4 is 97.7 Å². The summed E-state index contributed by atoms with van der Waals surface area (Å²) in [5.41, 5.74) is 28.3.